The average molecular weight is 327 g/mol. The number of benzene rings is 1. The lowest BCUT2D eigenvalue weighted by atomic mass is 10.1. The van der Waals surface area contributed by atoms with E-state index in [9.17, 15) is 18.0 Å². The molecule has 0 fully saturated rings. The molecule has 0 aliphatic rings. The molecular formula is C15H16F3N3O2. The summed E-state index contributed by atoms with van der Waals surface area (Å²) in [6, 6.07) is 6.07. The smallest absolute Gasteiger partial charge is 0.394 e. The van der Waals surface area contributed by atoms with E-state index < -0.39 is 34.4 Å². The maximum atomic E-state index is 12.9. The summed E-state index contributed by atoms with van der Waals surface area (Å²) in [5, 5.41) is 22.8. The van der Waals surface area contributed by atoms with Crippen LogP contribution in [0.1, 0.15) is 19.4 Å². The molecule has 1 aromatic rings. The molecule has 1 aromatic carbocycles. The fraction of sp³-hybridized carbons (Fsp3) is 0.333. The highest BCUT2D eigenvalue weighted by Gasteiger charge is 2.33. The largest absolute Gasteiger partial charge is 0.418 e. The van der Waals surface area contributed by atoms with Crippen molar-refractivity contribution in [2.45, 2.75) is 25.6 Å². The molecule has 3 N–H and O–H groups in total. The molecule has 0 aromatic heterocycles. The summed E-state index contributed by atoms with van der Waals surface area (Å²) in [6.07, 6.45) is -3.57. The highest BCUT2D eigenvalue weighted by molar-refractivity contribution is 6.06. The van der Waals surface area contributed by atoms with Crippen LogP contribution in [0, 0.1) is 11.3 Å². The first-order valence-corrected chi connectivity index (χ1v) is 6.57. The molecular weight excluding hydrogens is 311 g/mol. The number of nitriles is 1. The van der Waals surface area contributed by atoms with Gasteiger partial charge in [-0.1, -0.05) is 12.1 Å². The third-order valence-corrected chi connectivity index (χ3v) is 2.85. The average Bonchev–Trinajstić information content (AvgIpc) is 2.47. The van der Waals surface area contributed by atoms with Crippen molar-refractivity contribution < 1.29 is 23.1 Å². The third kappa shape index (κ3) is 5.30. The van der Waals surface area contributed by atoms with Crippen molar-refractivity contribution in [3.8, 4) is 6.07 Å². The van der Waals surface area contributed by atoms with E-state index >= 15 is 0 Å². The fourth-order valence-corrected chi connectivity index (χ4v) is 1.49. The second-order valence-corrected chi connectivity index (χ2v) is 5.35. The number of nitrogens with zero attached hydrogens (tertiary/aromatic N) is 1. The van der Waals surface area contributed by atoms with Gasteiger partial charge in [-0.3, -0.25) is 4.79 Å². The SMILES string of the molecule is CC(C)(CO)N/C=C(/C#N)C(=O)Nc1ccccc1C(F)(F)F. The molecule has 8 heteroatoms. The van der Waals surface area contributed by atoms with Gasteiger partial charge in [0.1, 0.15) is 11.6 Å². The molecule has 23 heavy (non-hydrogen) atoms. The van der Waals surface area contributed by atoms with Crippen molar-refractivity contribution in [3.05, 3.63) is 41.6 Å². The van der Waals surface area contributed by atoms with Gasteiger partial charge in [-0.25, -0.2) is 0 Å². The Bertz CT molecular complexity index is 646. The van der Waals surface area contributed by atoms with Crippen molar-refractivity contribution in [2.75, 3.05) is 11.9 Å². The first kappa shape index (κ1) is 18.5. The third-order valence-electron chi connectivity index (χ3n) is 2.85. The molecule has 0 aliphatic heterocycles. The number of hydrogen-bond donors (Lipinski definition) is 3. The molecule has 0 heterocycles. The lowest BCUT2D eigenvalue weighted by Crippen LogP contribution is -2.39. The Labute approximate surface area is 131 Å². The summed E-state index contributed by atoms with van der Waals surface area (Å²) in [5.41, 5.74) is -2.64. The summed E-state index contributed by atoms with van der Waals surface area (Å²) < 4.78 is 38.6. The quantitative estimate of drug-likeness (QED) is 0.573. The van der Waals surface area contributed by atoms with Crippen molar-refractivity contribution in [1.29, 1.82) is 5.26 Å². The summed E-state index contributed by atoms with van der Waals surface area (Å²) in [7, 11) is 0. The van der Waals surface area contributed by atoms with E-state index in [1.54, 1.807) is 19.9 Å². The van der Waals surface area contributed by atoms with Gasteiger partial charge in [0, 0.05) is 6.20 Å². The lowest BCUT2D eigenvalue weighted by molar-refractivity contribution is -0.137. The van der Waals surface area contributed by atoms with E-state index in [1.807, 2.05) is 0 Å². The number of hydrogen-bond acceptors (Lipinski definition) is 4. The Morgan fingerprint density at radius 1 is 1.35 bits per heavy atom. The number of alkyl halides is 3. The van der Waals surface area contributed by atoms with Crippen LogP contribution in [0.25, 0.3) is 0 Å². The normalized spacial score (nSPS) is 12.5. The Kier molecular flexibility index (Phi) is 5.76. The Morgan fingerprint density at radius 2 is 1.96 bits per heavy atom. The number of para-hydroxylation sites is 1. The van der Waals surface area contributed by atoms with E-state index in [0.717, 1.165) is 18.3 Å². The van der Waals surface area contributed by atoms with Crippen LogP contribution in [0.5, 0.6) is 0 Å². The van der Waals surface area contributed by atoms with Crippen LogP contribution in [0.3, 0.4) is 0 Å². The van der Waals surface area contributed by atoms with Gasteiger partial charge in [0.2, 0.25) is 0 Å². The number of rotatable bonds is 5. The van der Waals surface area contributed by atoms with Crippen molar-refractivity contribution >= 4 is 11.6 Å². The number of carbonyl (C=O) groups is 1. The molecule has 0 aliphatic carbocycles. The molecule has 0 radical (unpaired) electrons. The second-order valence-electron chi connectivity index (χ2n) is 5.35. The fourth-order valence-electron chi connectivity index (χ4n) is 1.49. The zero-order valence-corrected chi connectivity index (χ0v) is 12.5. The van der Waals surface area contributed by atoms with Crippen molar-refractivity contribution in [1.82, 2.24) is 5.32 Å². The van der Waals surface area contributed by atoms with Crippen LogP contribution in [0.2, 0.25) is 0 Å². The van der Waals surface area contributed by atoms with Crippen LogP contribution in [-0.2, 0) is 11.0 Å². The van der Waals surface area contributed by atoms with E-state index in [4.69, 9.17) is 10.4 Å². The number of aliphatic hydroxyl groups is 1. The van der Waals surface area contributed by atoms with Crippen LogP contribution in [0.4, 0.5) is 18.9 Å². The molecule has 0 saturated heterocycles. The predicted octanol–water partition coefficient (Wildman–Crippen LogP) is 2.41. The van der Waals surface area contributed by atoms with Gasteiger partial charge >= 0.3 is 6.18 Å². The molecule has 0 spiro atoms. The number of carbonyl (C=O) groups excluding carboxylic acids is 1. The van der Waals surface area contributed by atoms with Gasteiger partial charge in [-0.15, -0.1) is 0 Å². The number of amides is 1. The summed E-state index contributed by atoms with van der Waals surface area (Å²) in [5.74, 6) is -0.981. The summed E-state index contributed by atoms with van der Waals surface area (Å²) in [4.78, 5) is 12.0. The lowest BCUT2D eigenvalue weighted by Gasteiger charge is -2.22. The van der Waals surface area contributed by atoms with E-state index in [-0.39, 0.29) is 6.61 Å². The topological polar surface area (TPSA) is 85.2 Å². The van der Waals surface area contributed by atoms with Crippen LogP contribution < -0.4 is 10.6 Å². The number of anilines is 1. The highest BCUT2D eigenvalue weighted by Crippen LogP contribution is 2.34. The van der Waals surface area contributed by atoms with Gasteiger partial charge < -0.3 is 15.7 Å². The van der Waals surface area contributed by atoms with E-state index in [2.05, 4.69) is 10.6 Å². The highest BCUT2D eigenvalue weighted by atomic mass is 19.4. The molecule has 0 bridgehead atoms. The van der Waals surface area contributed by atoms with Crippen LogP contribution in [-0.4, -0.2) is 23.2 Å². The second kappa shape index (κ2) is 7.15. The number of halogens is 3. The van der Waals surface area contributed by atoms with Crippen molar-refractivity contribution in [3.63, 3.8) is 0 Å². The molecule has 5 nitrogen and oxygen atoms in total. The van der Waals surface area contributed by atoms with E-state index in [1.165, 1.54) is 12.1 Å². The minimum atomic E-state index is -4.63. The molecule has 0 saturated carbocycles. The van der Waals surface area contributed by atoms with Gasteiger partial charge in [0.15, 0.2) is 0 Å². The number of nitrogens with one attached hydrogen (secondary N) is 2. The molecule has 0 unspecified atom stereocenters. The van der Waals surface area contributed by atoms with Crippen LogP contribution >= 0.6 is 0 Å². The summed E-state index contributed by atoms with van der Waals surface area (Å²) >= 11 is 0. The van der Waals surface area contributed by atoms with E-state index in [0.29, 0.717) is 0 Å². The monoisotopic (exact) mass is 327 g/mol. The van der Waals surface area contributed by atoms with Gasteiger partial charge in [0.05, 0.1) is 23.4 Å². The maximum absolute atomic E-state index is 12.9. The zero-order chi connectivity index (χ0) is 17.7. The molecule has 0 atom stereocenters. The van der Waals surface area contributed by atoms with Crippen molar-refractivity contribution in [2.24, 2.45) is 0 Å². The first-order valence-electron chi connectivity index (χ1n) is 6.57. The van der Waals surface area contributed by atoms with Gasteiger partial charge in [-0.05, 0) is 26.0 Å². The minimum absolute atomic E-state index is 0.263. The Balaban J connectivity index is 2.99. The predicted molar refractivity (Wildman–Crippen MR) is 78.1 cm³/mol. The van der Waals surface area contributed by atoms with Crippen LogP contribution in [0.15, 0.2) is 36.0 Å². The Morgan fingerprint density at radius 3 is 2.48 bits per heavy atom. The molecule has 1 rings (SSSR count). The standard InChI is InChI=1S/C15H16F3N3O2/c1-14(2,9-22)20-8-10(7-19)13(23)21-12-6-4-3-5-11(12)15(16,17)18/h3-6,8,20,22H,9H2,1-2H3,(H,21,23)/b10-8-. The zero-order valence-electron chi connectivity index (χ0n) is 12.5. The molecule has 1 amide bonds. The summed E-state index contributed by atoms with van der Waals surface area (Å²) in [6.45, 7) is 2.98. The Hall–Kier alpha value is -2.53. The molecule has 124 valence electrons. The maximum Gasteiger partial charge on any atom is 0.418 e. The van der Waals surface area contributed by atoms with Gasteiger partial charge in [0.25, 0.3) is 5.91 Å². The number of aliphatic hydroxyl groups excluding tert-OH is 1. The van der Waals surface area contributed by atoms with Gasteiger partial charge in [-0.2, -0.15) is 18.4 Å². The first-order chi connectivity index (χ1) is 10.6. The minimum Gasteiger partial charge on any atom is -0.394 e.